The highest BCUT2D eigenvalue weighted by molar-refractivity contribution is 7.21. The normalized spacial score (nSPS) is 12.2. The van der Waals surface area contributed by atoms with Gasteiger partial charge < -0.3 is 5.21 Å². The summed E-state index contributed by atoms with van der Waals surface area (Å²) >= 11 is 7.01. The largest absolute Gasteiger partial charge is 0.410 e. The lowest BCUT2D eigenvalue weighted by molar-refractivity contribution is 0.321. The fourth-order valence-corrected chi connectivity index (χ4v) is 2.00. The average molecular weight is 213 g/mol. The first-order valence-electron chi connectivity index (χ1n) is 3.55. The summed E-state index contributed by atoms with van der Waals surface area (Å²) in [6, 6.07) is 7.65. The molecular weight excluding hydrogens is 208 g/mol. The Labute approximate surface area is 83.3 Å². The number of nitrogens with zero attached hydrogens (tertiary/aromatic N) is 2. The van der Waals surface area contributed by atoms with Gasteiger partial charge in [0.25, 0.3) is 0 Å². The Morgan fingerprint density at radius 2 is 2.23 bits per heavy atom. The van der Waals surface area contributed by atoms with Gasteiger partial charge in [-0.2, -0.15) is 0 Å². The molecule has 0 saturated heterocycles. The second-order valence-electron chi connectivity index (χ2n) is 2.38. The maximum Gasteiger partial charge on any atom is 0.204 e. The van der Waals surface area contributed by atoms with Crippen molar-refractivity contribution < 1.29 is 5.21 Å². The molecule has 1 aromatic heterocycles. The Morgan fingerprint density at radius 1 is 1.46 bits per heavy atom. The number of benzene rings is 1. The molecule has 1 N–H and O–H groups in total. The van der Waals surface area contributed by atoms with E-state index in [2.05, 4.69) is 10.1 Å². The van der Waals surface area contributed by atoms with E-state index in [1.54, 1.807) is 0 Å². The van der Waals surface area contributed by atoms with Crippen LogP contribution in [0.1, 0.15) is 5.01 Å². The third kappa shape index (κ3) is 1.50. The molecule has 0 atom stereocenters. The molecule has 2 aromatic rings. The summed E-state index contributed by atoms with van der Waals surface area (Å²) in [5, 5.41) is 11.9. The van der Waals surface area contributed by atoms with Gasteiger partial charge in [-0.15, -0.1) is 11.3 Å². The second kappa shape index (κ2) is 3.32. The summed E-state index contributed by atoms with van der Waals surface area (Å²) < 4.78 is 1.03. The predicted molar refractivity (Wildman–Crippen MR) is 53.8 cm³/mol. The van der Waals surface area contributed by atoms with Gasteiger partial charge in [0.2, 0.25) is 5.17 Å². The molecule has 0 spiro atoms. The fraction of sp³-hybridized carbons (Fsp3) is 0. The third-order valence-corrected chi connectivity index (χ3v) is 2.97. The van der Waals surface area contributed by atoms with Crippen LogP contribution in [0.25, 0.3) is 10.2 Å². The van der Waals surface area contributed by atoms with Gasteiger partial charge in [0.15, 0.2) is 5.01 Å². The predicted octanol–water partition coefficient (Wildman–Crippen LogP) is 2.67. The van der Waals surface area contributed by atoms with E-state index in [9.17, 15) is 0 Å². The summed E-state index contributed by atoms with van der Waals surface area (Å²) in [6.45, 7) is 0. The lowest BCUT2D eigenvalue weighted by atomic mass is 10.3. The average Bonchev–Trinajstić information content (AvgIpc) is 2.59. The Balaban J connectivity index is 2.62. The number of hydrogen-bond acceptors (Lipinski definition) is 4. The Morgan fingerprint density at radius 3 is 2.92 bits per heavy atom. The molecule has 3 nitrogen and oxygen atoms in total. The zero-order valence-electron chi connectivity index (χ0n) is 6.44. The zero-order valence-corrected chi connectivity index (χ0v) is 8.01. The quantitative estimate of drug-likeness (QED) is 0.449. The zero-order chi connectivity index (χ0) is 9.26. The minimum Gasteiger partial charge on any atom is -0.410 e. The van der Waals surface area contributed by atoms with Crippen molar-refractivity contribution in [2.24, 2.45) is 5.16 Å². The van der Waals surface area contributed by atoms with Crippen LogP contribution in [0.5, 0.6) is 0 Å². The van der Waals surface area contributed by atoms with E-state index < -0.39 is 0 Å². The number of fused-ring (bicyclic) bond motifs is 1. The first-order chi connectivity index (χ1) is 6.31. The van der Waals surface area contributed by atoms with Crippen LogP contribution in [-0.4, -0.2) is 15.4 Å². The molecule has 0 amide bonds. The van der Waals surface area contributed by atoms with Crippen LogP contribution in [0.3, 0.4) is 0 Å². The van der Waals surface area contributed by atoms with Gasteiger partial charge in [-0.1, -0.05) is 28.9 Å². The second-order valence-corrected chi connectivity index (χ2v) is 3.77. The van der Waals surface area contributed by atoms with E-state index in [0.29, 0.717) is 5.01 Å². The van der Waals surface area contributed by atoms with E-state index in [1.165, 1.54) is 11.3 Å². The van der Waals surface area contributed by atoms with Crippen molar-refractivity contribution in [2.45, 2.75) is 0 Å². The highest BCUT2D eigenvalue weighted by Crippen LogP contribution is 2.22. The lowest BCUT2D eigenvalue weighted by Crippen LogP contribution is -1.87. The Hall–Kier alpha value is -1.13. The van der Waals surface area contributed by atoms with Crippen molar-refractivity contribution in [3.05, 3.63) is 29.3 Å². The summed E-state index contributed by atoms with van der Waals surface area (Å²) in [4.78, 5) is 4.18. The van der Waals surface area contributed by atoms with Gasteiger partial charge in [0.1, 0.15) is 0 Å². The van der Waals surface area contributed by atoms with Gasteiger partial charge in [0, 0.05) is 0 Å². The number of hydrogen-bond donors (Lipinski definition) is 1. The van der Waals surface area contributed by atoms with Gasteiger partial charge in [-0.25, -0.2) is 4.98 Å². The molecule has 0 radical (unpaired) electrons. The first-order valence-corrected chi connectivity index (χ1v) is 4.74. The smallest absolute Gasteiger partial charge is 0.204 e. The molecule has 2 rings (SSSR count). The van der Waals surface area contributed by atoms with Crippen molar-refractivity contribution in [1.29, 1.82) is 0 Å². The molecule has 1 heterocycles. The van der Waals surface area contributed by atoms with Crippen LogP contribution >= 0.6 is 22.9 Å². The Bertz CT molecular complexity index is 433. The van der Waals surface area contributed by atoms with Crippen LogP contribution in [0.4, 0.5) is 0 Å². The third-order valence-electron chi connectivity index (χ3n) is 1.56. The van der Waals surface area contributed by atoms with Crippen LogP contribution in [0, 0.1) is 0 Å². The van der Waals surface area contributed by atoms with Crippen molar-refractivity contribution in [3.8, 4) is 0 Å². The van der Waals surface area contributed by atoms with Gasteiger partial charge in [-0.05, 0) is 12.1 Å². The van der Waals surface area contributed by atoms with Crippen LogP contribution in [0.2, 0.25) is 0 Å². The van der Waals surface area contributed by atoms with E-state index >= 15 is 0 Å². The van der Waals surface area contributed by atoms with Crippen molar-refractivity contribution >= 4 is 38.3 Å². The molecule has 0 saturated carbocycles. The summed E-state index contributed by atoms with van der Waals surface area (Å²) in [6.07, 6.45) is 0. The molecule has 0 aliphatic rings. The number of oxime groups is 1. The molecule has 0 aliphatic heterocycles. The van der Waals surface area contributed by atoms with Gasteiger partial charge >= 0.3 is 0 Å². The number of halogens is 1. The topological polar surface area (TPSA) is 45.5 Å². The molecule has 1 aromatic carbocycles. The number of para-hydroxylation sites is 1. The molecular formula is C8H5ClN2OS. The van der Waals surface area contributed by atoms with Crippen LogP contribution in [0.15, 0.2) is 29.4 Å². The van der Waals surface area contributed by atoms with E-state index in [-0.39, 0.29) is 5.17 Å². The monoisotopic (exact) mass is 212 g/mol. The molecule has 0 unspecified atom stereocenters. The highest BCUT2D eigenvalue weighted by Gasteiger charge is 2.07. The van der Waals surface area contributed by atoms with Crippen LogP contribution in [-0.2, 0) is 0 Å². The highest BCUT2D eigenvalue weighted by atomic mass is 35.5. The lowest BCUT2D eigenvalue weighted by Gasteiger charge is -1.83. The Kier molecular flexibility index (Phi) is 2.16. The summed E-state index contributed by atoms with van der Waals surface area (Å²) in [5.74, 6) is 0. The minimum atomic E-state index is 0.0289. The first kappa shape index (κ1) is 8.47. The molecule has 13 heavy (non-hydrogen) atoms. The molecule has 66 valence electrons. The SMILES string of the molecule is ON=C(Cl)c1nc2ccccc2s1. The maximum atomic E-state index is 8.44. The van der Waals surface area contributed by atoms with Crippen LogP contribution < -0.4 is 0 Å². The van der Waals surface area contributed by atoms with Gasteiger partial charge in [0.05, 0.1) is 10.2 Å². The number of thiazole rings is 1. The summed E-state index contributed by atoms with van der Waals surface area (Å²) in [7, 11) is 0. The van der Waals surface area contributed by atoms with E-state index in [1.807, 2.05) is 24.3 Å². The number of rotatable bonds is 1. The summed E-state index contributed by atoms with van der Waals surface area (Å²) in [5.41, 5.74) is 0.865. The maximum absolute atomic E-state index is 8.44. The molecule has 0 bridgehead atoms. The standard InChI is InChI=1S/C8H5ClN2OS/c9-7(11-12)8-10-5-3-1-2-4-6(5)13-8/h1-4,12H. The van der Waals surface area contributed by atoms with E-state index in [0.717, 1.165) is 10.2 Å². The molecule has 0 aliphatic carbocycles. The van der Waals surface area contributed by atoms with Crippen molar-refractivity contribution in [1.82, 2.24) is 4.98 Å². The minimum absolute atomic E-state index is 0.0289. The van der Waals surface area contributed by atoms with Crippen molar-refractivity contribution in [2.75, 3.05) is 0 Å². The van der Waals surface area contributed by atoms with Crippen molar-refractivity contribution in [3.63, 3.8) is 0 Å². The van der Waals surface area contributed by atoms with E-state index in [4.69, 9.17) is 16.8 Å². The molecule has 0 fully saturated rings. The number of aromatic nitrogens is 1. The molecule has 5 heteroatoms. The van der Waals surface area contributed by atoms with Gasteiger partial charge in [-0.3, -0.25) is 0 Å². The fourth-order valence-electron chi connectivity index (χ4n) is 1.00.